The number of amides is 2. The molecule has 1 unspecified atom stereocenters. The molecule has 1 aromatic rings. The van der Waals surface area contributed by atoms with Gasteiger partial charge in [-0.1, -0.05) is 0 Å². The third-order valence-corrected chi connectivity index (χ3v) is 6.41. The fourth-order valence-corrected chi connectivity index (χ4v) is 5.13. The molecule has 31 heavy (non-hydrogen) atoms. The Morgan fingerprint density at radius 1 is 1.39 bits per heavy atom. The van der Waals surface area contributed by atoms with E-state index < -0.39 is 52.8 Å². The molecular weight excluding hydrogens is 459 g/mol. The van der Waals surface area contributed by atoms with Gasteiger partial charge in [0.05, 0.1) is 23.8 Å². The number of nitrogen functional groups attached to an aromatic ring is 1. The number of β-lactam (4-membered cyclic amide) rings is 1. The molecule has 1 aromatic heterocycles. The van der Waals surface area contributed by atoms with Crippen molar-refractivity contribution in [2.24, 2.45) is 0 Å². The number of carbonyl (C=O) groups excluding carboxylic acids is 5. The second-order valence-electron chi connectivity index (χ2n) is 6.57. The van der Waals surface area contributed by atoms with E-state index in [-0.39, 0.29) is 47.3 Å². The molecule has 3 heterocycles. The molecule has 3 N–H and O–H groups in total. The van der Waals surface area contributed by atoms with Gasteiger partial charge in [0.15, 0.2) is 17.0 Å². The van der Waals surface area contributed by atoms with Crippen LogP contribution in [0, 0.1) is 0 Å². The number of carboxylic acid groups (broad SMARTS) is 1. The number of aliphatic carboxylic acids is 1. The summed E-state index contributed by atoms with van der Waals surface area (Å²) < 4.78 is 4.96. The molecule has 3 atom stereocenters. The van der Waals surface area contributed by atoms with Crippen LogP contribution in [0.2, 0.25) is 0 Å². The summed E-state index contributed by atoms with van der Waals surface area (Å²) >= 11 is 2.33. The van der Waals surface area contributed by atoms with Crippen LogP contribution in [-0.4, -0.2) is 62.7 Å². The Bertz CT molecular complexity index is 979. The van der Waals surface area contributed by atoms with E-state index in [0.29, 0.717) is 10.8 Å². The molecule has 160 valence electrons. The van der Waals surface area contributed by atoms with Crippen LogP contribution < -0.4 is 45.7 Å². The van der Waals surface area contributed by atoms with E-state index in [0.717, 1.165) is 30.5 Å². The SMILES string of the molecule is CC(=O)OC(C(C)=O)C1=C(C(=O)[O-])N2C(=O)[C@@H](NC(=O)Cc3csc(N)n3)[C@@H]2SC1.[Na+]. The third-order valence-electron chi connectivity index (χ3n) is 4.39. The molecule has 0 aromatic carbocycles. The first kappa shape index (κ1) is 25.3. The second kappa shape index (κ2) is 10.1. The Kier molecular flexibility index (Phi) is 8.27. The summed E-state index contributed by atoms with van der Waals surface area (Å²) in [4.78, 5) is 64.8. The average Bonchev–Trinajstić information content (AvgIpc) is 3.07. The van der Waals surface area contributed by atoms with Gasteiger partial charge in [-0.15, -0.1) is 23.1 Å². The van der Waals surface area contributed by atoms with Gasteiger partial charge in [0.1, 0.15) is 11.4 Å². The van der Waals surface area contributed by atoms with Crippen molar-refractivity contribution in [1.82, 2.24) is 15.2 Å². The molecule has 0 radical (unpaired) electrons. The van der Waals surface area contributed by atoms with Crippen molar-refractivity contribution in [1.29, 1.82) is 0 Å². The maximum absolute atomic E-state index is 12.6. The van der Waals surface area contributed by atoms with Gasteiger partial charge in [-0.25, -0.2) is 4.98 Å². The number of nitrogens with zero attached hydrogens (tertiary/aromatic N) is 2. The molecule has 2 aliphatic heterocycles. The number of rotatable bonds is 7. The van der Waals surface area contributed by atoms with Crippen LogP contribution in [0.1, 0.15) is 19.5 Å². The van der Waals surface area contributed by atoms with Crippen molar-refractivity contribution in [3.05, 3.63) is 22.3 Å². The summed E-state index contributed by atoms with van der Waals surface area (Å²) in [6.07, 6.45) is -1.51. The van der Waals surface area contributed by atoms with Crippen molar-refractivity contribution in [3.63, 3.8) is 0 Å². The van der Waals surface area contributed by atoms with Crippen molar-refractivity contribution < 1.29 is 63.4 Å². The van der Waals surface area contributed by atoms with Gasteiger partial charge in [-0.2, -0.15) is 0 Å². The van der Waals surface area contributed by atoms with E-state index in [1.165, 1.54) is 11.3 Å². The van der Waals surface area contributed by atoms with E-state index in [1.54, 1.807) is 5.38 Å². The van der Waals surface area contributed by atoms with E-state index >= 15 is 0 Å². The zero-order valence-corrected chi connectivity index (χ0v) is 20.5. The Labute approximate surface area is 207 Å². The van der Waals surface area contributed by atoms with Crippen molar-refractivity contribution in [2.45, 2.75) is 37.8 Å². The first-order chi connectivity index (χ1) is 14.1. The van der Waals surface area contributed by atoms with Gasteiger partial charge in [-0.3, -0.25) is 24.1 Å². The van der Waals surface area contributed by atoms with Crippen molar-refractivity contribution in [3.8, 4) is 0 Å². The molecular formula is C17H17N4NaO7S2. The summed E-state index contributed by atoms with van der Waals surface area (Å²) in [5.41, 5.74) is 5.44. The second-order valence-corrected chi connectivity index (χ2v) is 8.56. The Hall–Kier alpha value is -1.93. The van der Waals surface area contributed by atoms with Crippen LogP contribution in [0.3, 0.4) is 0 Å². The molecule has 0 saturated carbocycles. The standard InChI is InChI=1S/C17H18N4O7S2.Na/c1-6(22)13(28-7(2)23)9-5-29-15-11(14(25)21(15)12(9)16(26)27)20-10(24)3-8-4-30-17(18)19-8;/h4,11,13,15H,3,5H2,1-2H3,(H2,18,19)(H,20,24)(H,26,27);/q;+1/p-1/t11-,13?,15+;/m1./s1. The van der Waals surface area contributed by atoms with Crippen LogP contribution in [0.5, 0.6) is 0 Å². The fraction of sp³-hybridized carbons (Fsp3) is 0.412. The zero-order chi connectivity index (χ0) is 22.2. The minimum absolute atomic E-state index is 0. The van der Waals surface area contributed by atoms with E-state index in [9.17, 15) is 29.1 Å². The summed E-state index contributed by atoms with van der Waals surface area (Å²) in [5.74, 6) is -4.16. The van der Waals surface area contributed by atoms with Gasteiger partial charge >= 0.3 is 35.5 Å². The average molecular weight is 476 g/mol. The number of esters is 1. The van der Waals surface area contributed by atoms with Crippen molar-refractivity contribution >= 4 is 57.8 Å². The molecule has 2 aliphatic rings. The molecule has 1 saturated heterocycles. The monoisotopic (exact) mass is 476 g/mol. The number of thioether (sulfide) groups is 1. The van der Waals surface area contributed by atoms with E-state index in [1.807, 2.05) is 0 Å². The molecule has 3 rings (SSSR count). The molecule has 0 aliphatic carbocycles. The number of carboxylic acids is 1. The third kappa shape index (κ3) is 5.29. The molecule has 0 bridgehead atoms. The number of aromatic nitrogens is 1. The molecule has 0 spiro atoms. The maximum atomic E-state index is 12.6. The Morgan fingerprint density at radius 2 is 2.06 bits per heavy atom. The summed E-state index contributed by atoms with van der Waals surface area (Å²) in [6.45, 7) is 2.24. The number of ketones is 1. The normalized spacial score (nSPS) is 20.7. The van der Waals surface area contributed by atoms with Gasteiger partial charge in [-0.05, 0) is 6.92 Å². The van der Waals surface area contributed by atoms with Gasteiger partial charge in [0.25, 0.3) is 5.91 Å². The predicted octanol–water partition coefficient (Wildman–Crippen LogP) is -4.80. The van der Waals surface area contributed by atoms with Crippen LogP contribution >= 0.6 is 23.1 Å². The minimum atomic E-state index is -1.68. The molecule has 11 nitrogen and oxygen atoms in total. The van der Waals surface area contributed by atoms with Crippen LogP contribution in [0.15, 0.2) is 16.7 Å². The number of hydrogen-bond acceptors (Lipinski definition) is 11. The summed E-state index contributed by atoms with van der Waals surface area (Å²) in [7, 11) is 0. The van der Waals surface area contributed by atoms with Gasteiger partial charge in [0.2, 0.25) is 5.91 Å². The van der Waals surface area contributed by atoms with Crippen LogP contribution in [0.4, 0.5) is 5.13 Å². The molecule has 14 heteroatoms. The first-order valence-electron chi connectivity index (χ1n) is 8.66. The molecule has 1 fully saturated rings. The van der Waals surface area contributed by atoms with Crippen LogP contribution in [-0.2, 0) is 35.1 Å². The first-order valence-corrected chi connectivity index (χ1v) is 10.6. The number of hydrogen-bond donors (Lipinski definition) is 2. The number of nitrogens with one attached hydrogen (secondary N) is 1. The van der Waals surface area contributed by atoms with Crippen molar-refractivity contribution in [2.75, 3.05) is 11.5 Å². The number of fused-ring (bicyclic) bond motifs is 1. The predicted molar refractivity (Wildman–Crippen MR) is 104 cm³/mol. The maximum Gasteiger partial charge on any atom is 1.00 e. The Morgan fingerprint density at radius 3 is 2.58 bits per heavy atom. The van der Waals surface area contributed by atoms with Crippen LogP contribution in [0.25, 0.3) is 0 Å². The largest absolute Gasteiger partial charge is 1.00 e. The van der Waals surface area contributed by atoms with E-state index in [4.69, 9.17) is 10.5 Å². The molecule has 2 amide bonds. The number of carbonyl (C=O) groups is 5. The number of nitrogens with two attached hydrogens (primary N) is 1. The fourth-order valence-electron chi connectivity index (χ4n) is 3.19. The van der Waals surface area contributed by atoms with Gasteiger partial charge in [0, 0.05) is 23.6 Å². The summed E-state index contributed by atoms with van der Waals surface area (Å²) in [5, 5.41) is 15.6. The number of anilines is 1. The number of thiazole rings is 1. The minimum Gasteiger partial charge on any atom is -0.543 e. The zero-order valence-electron chi connectivity index (χ0n) is 16.9. The topological polar surface area (TPSA) is 172 Å². The van der Waals surface area contributed by atoms with E-state index in [2.05, 4.69) is 10.3 Å². The smallest absolute Gasteiger partial charge is 0.543 e. The Balaban J connectivity index is 0.00000341. The van der Waals surface area contributed by atoms with Gasteiger partial charge < -0.3 is 25.7 Å². The number of Topliss-reactive ketones (excluding diaryl/α,β-unsaturated/α-hetero) is 1. The quantitative estimate of drug-likeness (QED) is 0.221. The summed E-state index contributed by atoms with van der Waals surface area (Å²) in [6, 6.07) is -0.945. The number of ether oxygens (including phenoxy) is 1.